The van der Waals surface area contributed by atoms with E-state index in [-0.39, 0.29) is 18.1 Å². The van der Waals surface area contributed by atoms with Crippen LogP contribution in [0.2, 0.25) is 0 Å². The normalized spacial score (nSPS) is 11.5. The van der Waals surface area contributed by atoms with Crippen LogP contribution in [0, 0.1) is 0 Å². The average molecular weight is 471 g/mol. The second kappa shape index (κ2) is 11.6. The highest BCUT2D eigenvalue weighted by molar-refractivity contribution is 6.05. The number of pyridine rings is 1. The molecule has 1 aromatic heterocycles. The molecule has 0 saturated carbocycles. The molecule has 0 bridgehead atoms. The number of esters is 1. The highest BCUT2D eigenvalue weighted by atomic mass is 16.6. The van der Waals surface area contributed by atoms with Crippen molar-refractivity contribution >= 4 is 29.3 Å². The van der Waals surface area contributed by atoms with Crippen LogP contribution in [-0.4, -0.2) is 40.7 Å². The van der Waals surface area contributed by atoms with Crippen LogP contribution in [0.1, 0.15) is 64.0 Å². The molecule has 2 aromatic rings. The Morgan fingerprint density at radius 2 is 1.47 bits per heavy atom. The van der Waals surface area contributed by atoms with Crippen molar-refractivity contribution in [2.75, 3.05) is 17.2 Å². The fourth-order valence-corrected chi connectivity index (χ4v) is 2.78. The van der Waals surface area contributed by atoms with Crippen LogP contribution in [0.15, 0.2) is 42.6 Å². The van der Waals surface area contributed by atoms with Gasteiger partial charge in [0.2, 0.25) is 0 Å². The van der Waals surface area contributed by atoms with E-state index in [4.69, 9.17) is 9.47 Å². The summed E-state index contributed by atoms with van der Waals surface area (Å²) in [5.41, 5.74) is 0.795. The Labute approximate surface area is 200 Å². The lowest BCUT2D eigenvalue weighted by Crippen LogP contribution is -2.27. The van der Waals surface area contributed by atoms with Gasteiger partial charge in [-0.25, -0.2) is 4.79 Å². The van der Waals surface area contributed by atoms with E-state index in [1.165, 1.54) is 0 Å². The third-order valence-electron chi connectivity index (χ3n) is 4.12. The number of ether oxygens (including phenoxy) is 2. The van der Waals surface area contributed by atoms with Gasteiger partial charge in [-0.15, -0.1) is 0 Å². The molecule has 3 N–H and O–H groups in total. The fourth-order valence-electron chi connectivity index (χ4n) is 2.78. The lowest BCUT2D eigenvalue weighted by Gasteiger charge is -2.20. The molecule has 34 heavy (non-hydrogen) atoms. The number of nitrogens with one attached hydrogen (secondary N) is 3. The molecule has 2 rings (SSSR count). The molecule has 0 radical (unpaired) electrons. The number of anilines is 2. The number of carbonyl (C=O) groups excluding carboxylic acids is 3. The van der Waals surface area contributed by atoms with Crippen molar-refractivity contribution in [1.82, 2.24) is 10.3 Å². The number of aromatic nitrogens is 1. The zero-order valence-corrected chi connectivity index (χ0v) is 20.7. The van der Waals surface area contributed by atoms with Crippen LogP contribution in [0.3, 0.4) is 0 Å². The monoisotopic (exact) mass is 470 g/mol. The zero-order chi connectivity index (χ0) is 25.4. The minimum Gasteiger partial charge on any atom is -0.460 e. The van der Waals surface area contributed by atoms with E-state index in [1.807, 2.05) is 20.8 Å². The molecule has 9 heteroatoms. The van der Waals surface area contributed by atoms with E-state index in [1.54, 1.807) is 63.4 Å². The van der Waals surface area contributed by atoms with Crippen LogP contribution >= 0.6 is 0 Å². The summed E-state index contributed by atoms with van der Waals surface area (Å²) in [4.78, 5) is 40.7. The Morgan fingerprint density at radius 3 is 2.03 bits per heavy atom. The lowest BCUT2D eigenvalue weighted by molar-refractivity contribution is -0.154. The topological polar surface area (TPSA) is 119 Å². The minimum atomic E-state index is -0.640. The SMILES string of the molecule is CC(C)(C)OC(=O)CCNCc1ccc(C(=O)Nc2ccccc2NC(=O)OC(C)(C)C)nc1. The summed E-state index contributed by atoms with van der Waals surface area (Å²) in [5, 5.41) is 8.56. The quantitative estimate of drug-likeness (QED) is 0.384. The first-order valence-electron chi connectivity index (χ1n) is 11.1. The Kier molecular flexibility index (Phi) is 9.14. The molecule has 0 unspecified atom stereocenters. The van der Waals surface area contributed by atoms with Crippen molar-refractivity contribution in [2.45, 2.75) is 65.7 Å². The maximum atomic E-state index is 12.7. The van der Waals surface area contributed by atoms with Crippen LogP contribution in [0.25, 0.3) is 0 Å². The van der Waals surface area contributed by atoms with Crippen molar-refractivity contribution in [3.8, 4) is 0 Å². The molecule has 0 atom stereocenters. The van der Waals surface area contributed by atoms with Gasteiger partial charge in [0.1, 0.15) is 16.9 Å². The van der Waals surface area contributed by atoms with E-state index in [0.717, 1.165) is 5.56 Å². The molecule has 9 nitrogen and oxygen atoms in total. The highest BCUT2D eigenvalue weighted by Gasteiger charge is 2.18. The van der Waals surface area contributed by atoms with E-state index in [2.05, 4.69) is 20.9 Å². The molecular weight excluding hydrogens is 436 g/mol. The van der Waals surface area contributed by atoms with Gasteiger partial charge < -0.3 is 20.1 Å². The van der Waals surface area contributed by atoms with Gasteiger partial charge in [-0.3, -0.25) is 19.9 Å². The lowest BCUT2D eigenvalue weighted by atomic mass is 10.2. The molecule has 1 heterocycles. The van der Waals surface area contributed by atoms with Gasteiger partial charge in [0.05, 0.1) is 17.8 Å². The maximum absolute atomic E-state index is 12.7. The number of nitrogens with zero attached hydrogens (tertiary/aromatic N) is 1. The van der Waals surface area contributed by atoms with Gasteiger partial charge in [0.15, 0.2) is 0 Å². The standard InChI is InChI=1S/C25H34N4O5/c1-24(2,3)33-21(30)13-14-26-15-17-11-12-20(27-16-17)22(31)28-18-9-7-8-10-19(18)29-23(32)34-25(4,5)6/h7-12,16,26H,13-15H2,1-6H3,(H,28,31)(H,29,32). The number of carbonyl (C=O) groups is 3. The molecule has 0 aliphatic heterocycles. The number of rotatable bonds is 8. The molecule has 0 spiro atoms. The predicted molar refractivity (Wildman–Crippen MR) is 131 cm³/mol. The molecule has 0 aliphatic rings. The second-order valence-electron chi connectivity index (χ2n) is 9.69. The van der Waals surface area contributed by atoms with Gasteiger partial charge in [-0.05, 0) is 65.3 Å². The first-order valence-corrected chi connectivity index (χ1v) is 11.1. The largest absolute Gasteiger partial charge is 0.460 e. The summed E-state index contributed by atoms with van der Waals surface area (Å²) in [6, 6.07) is 10.2. The van der Waals surface area contributed by atoms with Crippen molar-refractivity contribution in [1.29, 1.82) is 0 Å². The van der Waals surface area contributed by atoms with Crippen molar-refractivity contribution in [3.05, 3.63) is 53.9 Å². The van der Waals surface area contributed by atoms with Crippen LogP contribution in [0.4, 0.5) is 16.2 Å². The second-order valence-corrected chi connectivity index (χ2v) is 9.69. The maximum Gasteiger partial charge on any atom is 0.412 e. The molecular formula is C25H34N4O5. The van der Waals surface area contributed by atoms with Crippen molar-refractivity contribution in [3.63, 3.8) is 0 Å². The van der Waals surface area contributed by atoms with Gasteiger partial charge in [0, 0.05) is 19.3 Å². The Morgan fingerprint density at radius 1 is 0.853 bits per heavy atom. The smallest absolute Gasteiger partial charge is 0.412 e. The van der Waals surface area contributed by atoms with Crippen LogP contribution in [-0.2, 0) is 20.8 Å². The molecule has 1 aromatic carbocycles. The number of hydrogen-bond donors (Lipinski definition) is 3. The summed E-state index contributed by atoms with van der Waals surface area (Å²) >= 11 is 0. The third-order valence-corrected chi connectivity index (χ3v) is 4.12. The third kappa shape index (κ3) is 9.99. The summed E-state index contributed by atoms with van der Waals surface area (Å²) in [6.45, 7) is 11.8. The fraction of sp³-hybridized carbons (Fsp3) is 0.440. The highest BCUT2D eigenvalue weighted by Crippen LogP contribution is 2.22. The molecule has 2 amide bonds. The number of para-hydroxylation sites is 2. The van der Waals surface area contributed by atoms with Gasteiger partial charge in [0.25, 0.3) is 5.91 Å². The van der Waals surface area contributed by atoms with E-state index in [0.29, 0.717) is 24.5 Å². The summed E-state index contributed by atoms with van der Waals surface area (Å²) in [7, 11) is 0. The minimum absolute atomic E-state index is 0.226. The molecule has 0 saturated heterocycles. The van der Waals surface area contributed by atoms with Crippen molar-refractivity contribution < 1.29 is 23.9 Å². The summed E-state index contributed by atoms with van der Waals surface area (Å²) in [6.07, 6.45) is 1.25. The Hall–Kier alpha value is -3.46. The first-order chi connectivity index (χ1) is 15.8. The molecule has 0 fully saturated rings. The van der Waals surface area contributed by atoms with E-state index < -0.39 is 23.2 Å². The summed E-state index contributed by atoms with van der Waals surface area (Å²) < 4.78 is 10.5. The molecule has 0 aliphatic carbocycles. The van der Waals surface area contributed by atoms with Gasteiger partial charge >= 0.3 is 12.1 Å². The van der Waals surface area contributed by atoms with Crippen LogP contribution < -0.4 is 16.0 Å². The Balaban J connectivity index is 1.88. The van der Waals surface area contributed by atoms with Crippen LogP contribution in [0.5, 0.6) is 0 Å². The zero-order valence-electron chi connectivity index (χ0n) is 20.7. The average Bonchev–Trinajstić information content (AvgIpc) is 2.70. The van der Waals surface area contributed by atoms with E-state index in [9.17, 15) is 14.4 Å². The van der Waals surface area contributed by atoms with Crippen molar-refractivity contribution in [2.24, 2.45) is 0 Å². The number of hydrogen-bond acceptors (Lipinski definition) is 7. The van der Waals surface area contributed by atoms with Gasteiger partial charge in [-0.2, -0.15) is 0 Å². The predicted octanol–water partition coefficient (Wildman–Crippen LogP) is 4.50. The van der Waals surface area contributed by atoms with E-state index >= 15 is 0 Å². The Bertz CT molecular complexity index is 992. The summed E-state index contributed by atoms with van der Waals surface area (Å²) in [5.74, 6) is -0.672. The molecule has 184 valence electrons. The number of amides is 2. The first kappa shape index (κ1) is 26.8. The number of benzene rings is 1. The van der Waals surface area contributed by atoms with Gasteiger partial charge in [-0.1, -0.05) is 18.2 Å².